The number of aliphatic hydroxyl groups is 1. The molecule has 0 amide bonds. The molecule has 0 bridgehead atoms. The molecule has 0 saturated carbocycles. The molecule has 3 aromatic rings. The highest BCUT2D eigenvalue weighted by Gasteiger charge is 2.22. The van der Waals surface area contributed by atoms with Gasteiger partial charge in [-0.05, 0) is 50.1 Å². The largest absolute Gasteiger partial charge is 0.386 e. The molecule has 2 aromatic heterocycles. The van der Waals surface area contributed by atoms with E-state index in [-0.39, 0.29) is 22.1 Å². The number of hydrogen-bond donors (Lipinski definition) is 1. The summed E-state index contributed by atoms with van der Waals surface area (Å²) in [7, 11) is 0. The first-order valence-electron chi connectivity index (χ1n) is 7.18. The number of hydrogen-bond acceptors (Lipinski definition) is 4. The fourth-order valence-corrected chi connectivity index (χ4v) is 2.82. The van der Waals surface area contributed by atoms with Gasteiger partial charge in [0.05, 0.1) is 11.8 Å². The quantitative estimate of drug-likeness (QED) is 0.706. The van der Waals surface area contributed by atoms with Gasteiger partial charge in [0.1, 0.15) is 17.0 Å². The summed E-state index contributed by atoms with van der Waals surface area (Å²) in [5, 5.41) is 10.6. The summed E-state index contributed by atoms with van der Waals surface area (Å²) in [6.07, 6.45) is 2.38. The molecule has 1 aromatic carbocycles. The molecule has 0 unspecified atom stereocenters. The minimum atomic E-state index is -1.14. The van der Waals surface area contributed by atoms with Crippen LogP contribution in [0.3, 0.4) is 0 Å². The highest BCUT2D eigenvalue weighted by Crippen LogP contribution is 2.32. The van der Waals surface area contributed by atoms with Crippen LogP contribution < -0.4 is 0 Å². The Morgan fingerprint density at radius 2 is 1.79 bits per heavy atom. The number of aryl methyl sites for hydroxylation is 1. The molecule has 0 spiro atoms. The Kier molecular flexibility index (Phi) is 3.97. The van der Waals surface area contributed by atoms with E-state index < -0.39 is 17.2 Å². The van der Waals surface area contributed by atoms with Crippen LogP contribution in [-0.2, 0) is 5.60 Å². The van der Waals surface area contributed by atoms with Gasteiger partial charge in [0.25, 0.3) is 0 Å². The fraction of sp³-hybridized carbons (Fsp3) is 0.235. The third-order valence-electron chi connectivity index (χ3n) is 3.84. The number of nitrogens with zero attached hydrogens (tertiary/aromatic N) is 3. The Bertz CT molecular complexity index is 955. The van der Waals surface area contributed by atoms with Gasteiger partial charge >= 0.3 is 0 Å². The molecule has 24 heavy (non-hydrogen) atoms. The Hall–Kier alpha value is -2.18. The SMILES string of the molecule is Cc1c(C(C)(C)O)cnc2c(F)cc(-c3nc(Cl)ncc3F)cc12. The molecule has 124 valence electrons. The summed E-state index contributed by atoms with van der Waals surface area (Å²) < 4.78 is 28.4. The van der Waals surface area contributed by atoms with Crippen LogP contribution in [0.25, 0.3) is 22.2 Å². The summed E-state index contributed by atoms with van der Waals surface area (Å²) in [5.41, 5.74) is 0.358. The van der Waals surface area contributed by atoms with E-state index in [9.17, 15) is 13.9 Å². The Balaban J connectivity index is 2.33. The molecule has 3 rings (SSSR count). The van der Waals surface area contributed by atoms with Crippen LogP contribution in [0.2, 0.25) is 5.28 Å². The van der Waals surface area contributed by atoms with E-state index in [4.69, 9.17) is 11.6 Å². The van der Waals surface area contributed by atoms with Crippen molar-refractivity contribution >= 4 is 22.5 Å². The molecule has 0 saturated heterocycles. The maximum absolute atomic E-state index is 14.4. The summed E-state index contributed by atoms with van der Waals surface area (Å²) in [5.74, 6) is -1.32. The van der Waals surface area contributed by atoms with Crippen molar-refractivity contribution in [2.24, 2.45) is 0 Å². The average Bonchev–Trinajstić information content (AvgIpc) is 2.49. The van der Waals surface area contributed by atoms with Crippen molar-refractivity contribution in [2.45, 2.75) is 26.4 Å². The summed E-state index contributed by atoms with van der Waals surface area (Å²) in [6, 6.07) is 2.73. The van der Waals surface area contributed by atoms with Gasteiger partial charge in [0, 0.05) is 22.7 Å². The summed E-state index contributed by atoms with van der Waals surface area (Å²) in [6.45, 7) is 4.99. The molecule has 0 aliphatic carbocycles. The van der Waals surface area contributed by atoms with Crippen LogP contribution in [0.4, 0.5) is 8.78 Å². The predicted octanol–water partition coefficient (Wildman–Crippen LogP) is 4.16. The third kappa shape index (κ3) is 2.83. The van der Waals surface area contributed by atoms with Crippen LogP contribution >= 0.6 is 11.6 Å². The van der Waals surface area contributed by atoms with Crippen LogP contribution in [0.5, 0.6) is 0 Å². The Labute approximate surface area is 142 Å². The van der Waals surface area contributed by atoms with Crippen molar-refractivity contribution in [3.8, 4) is 11.3 Å². The average molecular weight is 350 g/mol. The molecule has 0 aliphatic rings. The zero-order valence-corrected chi connectivity index (χ0v) is 14.0. The van der Waals surface area contributed by atoms with Crippen LogP contribution in [0.1, 0.15) is 25.0 Å². The highest BCUT2D eigenvalue weighted by molar-refractivity contribution is 6.28. The minimum absolute atomic E-state index is 0.0936. The van der Waals surface area contributed by atoms with Crippen LogP contribution in [0.15, 0.2) is 24.5 Å². The van der Waals surface area contributed by atoms with E-state index in [1.54, 1.807) is 26.8 Å². The highest BCUT2D eigenvalue weighted by atomic mass is 35.5. The van der Waals surface area contributed by atoms with E-state index in [2.05, 4.69) is 15.0 Å². The monoisotopic (exact) mass is 349 g/mol. The first kappa shape index (κ1) is 16.7. The first-order chi connectivity index (χ1) is 11.2. The Morgan fingerprint density at radius 1 is 1.08 bits per heavy atom. The number of aromatic nitrogens is 3. The molecule has 1 N–H and O–H groups in total. The second-order valence-corrected chi connectivity index (χ2v) is 6.38. The van der Waals surface area contributed by atoms with Crippen molar-refractivity contribution in [2.75, 3.05) is 0 Å². The lowest BCUT2D eigenvalue weighted by atomic mass is 9.92. The molecule has 7 heteroatoms. The van der Waals surface area contributed by atoms with Crippen LogP contribution in [0, 0.1) is 18.6 Å². The lowest BCUT2D eigenvalue weighted by molar-refractivity contribution is 0.0777. The molecule has 4 nitrogen and oxygen atoms in total. The van der Waals surface area contributed by atoms with E-state index in [1.165, 1.54) is 6.20 Å². The van der Waals surface area contributed by atoms with Gasteiger partial charge in [-0.3, -0.25) is 4.98 Å². The zero-order chi connectivity index (χ0) is 17.6. The second kappa shape index (κ2) is 5.72. The Morgan fingerprint density at radius 3 is 2.46 bits per heavy atom. The van der Waals surface area contributed by atoms with E-state index in [0.29, 0.717) is 16.5 Å². The first-order valence-corrected chi connectivity index (χ1v) is 7.56. The topological polar surface area (TPSA) is 58.9 Å². The number of fused-ring (bicyclic) bond motifs is 1. The molecule has 2 heterocycles. The lowest BCUT2D eigenvalue weighted by Crippen LogP contribution is -2.17. The standard InChI is InChI=1S/C17H14ClF2N3O/c1-8-10-4-9(14-13(20)7-22-16(18)23-14)5-12(19)15(10)21-6-11(8)17(2,3)24/h4-7,24H,1-3H3. The predicted molar refractivity (Wildman–Crippen MR) is 87.7 cm³/mol. The van der Waals surface area contributed by atoms with Gasteiger partial charge in [-0.15, -0.1) is 0 Å². The van der Waals surface area contributed by atoms with Gasteiger partial charge in [-0.2, -0.15) is 0 Å². The van der Waals surface area contributed by atoms with Crippen molar-refractivity contribution in [1.82, 2.24) is 15.0 Å². The number of halogens is 3. The third-order valence-corrected chi connectivity index (χ3v) is 4.02. The number of pyridine rings is 1. The molecule has 0 radical (unpaired) electrons. The van der Waals surface area contributed by atoms with Gasteiger partial charge in [-0.1, -0.05) is 0 Å². The summed E-state index contributed by atoms with van der Waals surface area (Å²) in [4.78, 5) is 11.5. The fourth-order valence-electron chi connectivity index (χ4n) is 2.69. The van der Waals surface area contributed by atoms with E-state index in [0.717, 1.165) is 12.3 Å². The molecular formula is C17H14ClF2N3O. The normalized spacial score (nSPS) is 12.0. The van der Waals surface area contributed by atoms with Gasteiger partial charge in [-0.25, -0.2) is 18.7 Å². The van der Waals surface area contributed by atoms with Gasteiger partial charge < -0.3 is 5.11 Å². The van der Waals surface area contributed by atoms with Crippen molar-refractivity contribution in [3.05, 3.63) is 52.6 Å². The van der Waals surface area contributed by atoms with E-state index >= 15 is 0 Å². The van der Waals surface area contributed by atoms with Gasteiger partial charge in [0.2, 0.25) is 5.28 Å². The second-order valence-electron chi connectivity index (χ2n) is 6.05. The minimum Gasteiger partial charge on any atom is -0.386 e. The smallest absolute Gasteiger partial charge is 0.223 e. The zero-order valence-electron chi connectivity index (χ0n) is 13.2. The number of rotatable bonds is 2. The molecule has 0 fully saturated rings. The van der Waals surface area contributed by atoms with E-state index in [1.807, 2.05) is 0 Å². The maximum Gasteiger partial charge on any atom is 0.223 e. The van der Waals surface area contributed by atoms with Crippen molar-refractivity contribution in [3.63, 3.8) is 0 Å². The molecular weight excluding hydrogens is 336 g/mol. The lowest BCUT2D eigenvalue weighted by Gasteiger charge is -2.21. The summed E-state index contributed by atoms with van der Waals surface area (Å²) >= 11 is 5.71. The molecule has 0 aliphatic heterocycles. The number of benzene rings is 1. The van der Waals surface area contributed by atoms with Crippen molar-refractivity contribution in [1.29, 1.82) is 0 Å². The van der Waals surface area contributed by atoms with Crippen LogP contribution in [-0.4, -0.2) is 20.1 Å². The van der Waals surface area contributed by atoms with Crippen molar-refractivity contribution < 1.29 is 13.9 Å². The maximum atomic E-state index is 14.4. The molecule has 0 atom stereocenters. The van der Waals surface area contributed by atoms with Gasteiger partial charge in [0.15, 0.2) is 5.82 Å².